The van der Waals surface area contributed by atoms with Crippen molar-refractivity contribution in [2.24, 2.45) is 0 Å². The fraction of sp³-hybridized carbons (Fsp3) is 0.438. The molecular formula is C16H23N8O14P3S. The van der Waals surface area contributed by atoms with E-state index in [0.717, 1.165) is 0 Å². The first-order chi connectivity index (χ1) is 19.5. The lowest BCUT2D eigenvalue weighted by atomic mass is 10.1. The Kier molecular flexibility index (Phi) is 9.36. The Morgan fingerprint density at radius 2 is 1.93 bits per heavy atom. The lowest BCUT2D eigenvalue weighted by molar-refractivity contribution is -0.0530. The summed E-state index contributed by atoms with van der Waals surface area (Å²) < 4.78 is 65.3. The molecule has 0 bridgehead atoms. The summed E-state index contributed by atoms with van der Waals surface area (Å²) in [6, 6.07) is 1.51. The Morgan fingerprint density at radius 1 is 1.21 bits per heavy atom. The van der Waals surface area contributed by atoms with Crippen LogP contribution < -0.4 is 11.1 Å². The van der Waals surface area contributed by atoms with Crippen molar-refractivity contribution in [1.29, 1.82) is 0 Å². The largest absolute Gasteiger partial charge is 0.490 e. The molecule has 1 amide bonds. The molecule has 26 heteroatoms. The molecule has 1 aliphatic heterocycles. The number of carbonyl (C=O) groups is 1. The van der Waals surface area contributed by atoms with E-state index in [9.17, 15) is 28.3 Å². The summed E-state index contributed by atoms with van der Waals surface area (Å²) in [5, 5.41) is 8.88. The van der Waals surface area contributed by atoms with Crippen molar-refractivity contribution in [1.82, 2.24) is 29.7 Å². The number of imidazole rings is 1. The summed E-state index contributed by atoms with van der Waals surface area (Å²) in [4.78, 5) is 60.4. The van der Waals surface area contributed by atoms with E-state index in [4.69, 9.17) is 46.5 Å². The second-order valence-electron chi connectivity index (χ2n) is 8.35. The van der Waals surface area contributed by atoms with Gasteiger partial charge in [-0.1, -0.05) is 12.2 Å². The minimum absolute atomic E-state index is 0.0791. The molecular weight excluding hydrogens is 653 g/mol. The van der Waals surface area contributed by atoms with Crippen LogP contribution in [0.4, 0.5) is 16.6 Å². The highest BCUT2D eigenvalue weighted by atomic mass is 32.1. The van der Waals surface area contributed by atoms with Crippen LogP contribution in [0.25, 0.3) is 11.2 Å². The first-order valence-electron chi connectivity index (χ1n) is 11.2. The number of aromatic nitrogens is 6. The van der Waals surface area contributed by atoms with Crippen LogP contribution in [0.15, 0.2) is 12.4 Å². The third-order valence-electron chi connectivity index (χ3n) is 5.29. The van der Waals surface area contributed by atoms with E-state index in [0.29, 0.717) is 5.69 Å². The number of aromatic amines is 2. The summed E-state index contributed by atoms with van der Waals surface area (Å²) >= 11 is 5.21. The van der Waals surface area contributed by atoms with Gasteiger partial charge in [-0.25, -0.2) is 23.5 Å². The highest BCUT2D eigenvalue weighted by Crippen LogP contribution is 2.66. The van der Waals surface area contributed by atoms with Gasteiger partial charge in [-0.15, -0.1) is 0 Å². The molecule has 1 saturated heterocycles. The van der Waals surface area contributed by atoms with Gasteiger partial charge in [0.15, 0.2) is 18.0 Å². The normalized spacial score (nSPS) is 23.9. The molecule has 4 rings (SSSR count). The van der Waals surface area contributed by atoms with Crippen LogP contribution in [-0.4, -0.2) is 87.4 Å². The van der Waals surface area contributed by atoms with Crippen molar-refractivity contribution < 1.29 is 65.4 Å². The lowest BCUT2D eigenvalue weighted by Gasteiger charge is -2.24. The maximum Gasteiger partial charge on any atom is 0.490 e. The van der Waals surface area contributed by atoms with Gasteiger partial charge in [0, 0.05) is 13.2 Å². The first kappa shape index (κ1) is 32.3. The molecule has 1 aliphatic rings. The maximum atomic E-state index is 12.8. The number of amides is 1. The summed E-state index contributed by atoms with van der Waals surface area (Å²) in [6.07, 6.45) is -4.99. The molecule has 0 aliphatic carbocycles. The van der Waals surface area contributed by atoms with Crippen LogP contribution >= 0.6 is 35.7 Å². The standard InChI is InChI=1S/C16H23N8O14P3S/c1-6-3-8(23-22-6)19-16(25)36-11-10(33-2)7(4-34-40(29,30)38-41(31,32)37-39(26,27)28)35-14(11)24-5-18-9-12(24)20-15(17)21-13(9)42/h3,5,7,10-11,14H,4H2,1-2H3,(H,29,30)(H,31,32)(H2,26,27,28)(H3,17,20,21,42)(H2,19,22,23,25). The number of aryl methyl sites for hydroxylation is 1. The minimum Gasteiger partial charge on any atom is -0.438 e. The Hall–Kier alpha value is -2.62. The highest BCUT2D eigenvalue weighted by Gasteiger charge is 2.50. The van der Waals surface area contributed by atoms with E-state index in [-0.39, 0.29) is 27.6 Å². The summed E-state index contributed by atoms with van der Waals surface area (Å²) in [5.74, 6) is 0.115. The molecule has 42 heavy (non-hydrogen) atoms. The number of nitrogens with one attached hydrogen (secondary N) is 3. The van der Waals surface area contributed by atoms with Gasteiger partial charge in [0.1, 0.15) is 28.2 Å². The topological polar surface area (TPSA) is 318 Å². The van der Waals surface area contributed by atoms with Crippen LogP contribution in [0.2, 0.25) is 0 Å². The number of fused-ring (bicyclic) bond motifs is 1. The number of nitrogen functional groups attached to an aromatic ring is 1. The van der Waals surface area contributed by atoms with E-state index in [1.807, 2.05) is 0 Å². The number of anilines is 2. The predicted octanol–water partition coefficient (Wildman–Crippen LogP) is 0.976. The summed E-state index contributed by atoms with van der Waals surface area (Å²) in [6.45, 7) is 0.757. The number of phosphoric acid groups is 3. The molecule has 0 radical (unpaired) electrons. The number of ether oxygens (including phenoxy) is 3. The molecule has 0 saturated carbocycles. The molecule has 3 aromatic heterocycles. The van der Waals surface area contributed by atoms with Crippen LogP contribution in [0, 0.1) is 11.6 Å². The predicted molar refractivity (Wildman–Crippen MR) is 139 cm³/mol. The van der Waals surface area contributed by atoms with Crippen LogP contribution in [0.5, 0.6) is 0 Å². The first-order valence-corrected chi connectivity index (χ1v) is 16.1. The fourth-order valence-electron chi connectivity index (χ4n) is 3.83. The number of rotatable bonds is 11. The summed E-state index contributed by atoms with van der Waals surface area (Å²) in [5.41, 5.74) is 6.65. The van der Waals surface area contributed by atoms with Gasteiger partial charge >= 0.3 is 29.6 Å². The summed E-state index contributed by atoms with van der Waals surface area (Å²) in [7, 11) is -15.7. The van der Waals surface area contributed by atoms with Gasteiger partial charge in [-0.2, -0.15) is 18.7 Å². The Labute approximate surface area is 238 Å². The van der Waals surface area contributed by atoms with Gasteiger partial charge in [-0.05, 0) is 6.92 Å². The minimum atomic E-state index is -5.77. The molecule has 1 fully saturated rings. The average Bonchev–Trinajstić information content (AvgIpc) is 3.52. The lowest BCUT2D eigenvalue weighted by Crippen LogP contribution is -2.39. The molecule has 6 atom stereocenters. The molecule has 22 nitrogen and oxygen atoms in total. The van der Waals surface area contributed by atoms with Gasteiger partial charge < -0.3 is 44.5 Å². The second kappa shape index (κ2) is 12.2. The smallest absolute Gasteiger partial charge is 0.438 e. The van der Waals surface area contributed by atoms with Gasteiger partial charge in [0.05, 0.1) is 18.6 Å². The third-order valence-corrected chi connectivity index (χ3v) is 9.38. The van der Waals surface area contributed by atoms with Gasteiger partial charge in [0.25, 0.3) is 0 Å². The molecule has 0 aromatic carbocycles. The van der Waals surface area contributed by atoms with Crippen molar-refractivity contribution in [3.63, 3.8) is 0 Å². The van der Waals surface area contributed by atoms with Gasteiger partial charge in [0.2, 0.25) is 5.95 Å². The monoisotopic (exact) mass is 676 g/mol. The zero-order valence-corrected chi connectivity index (χ0v) is 24.7. The Bertz CT molecular complexity index is 1670. The number of carbonyl (C=O) groups excluding carboxylic acids is 1. The number of H-pyrrole nitrogens is 2. The van der Waals surface area contributed by atoms with Crippen molar-refractivity contribution in [2.45, 2.75) is 31.5 Å². The van der Waals surface area contributed by atoms with Crippen molar-refractivity contribution in [3.8, 4) is 0 Å². The van der Waals surface area contributed by atoms with E-state index < -0.39 is 60.7 Å². The second-order valence-corrected chi connectivity index (χ2v) is 13.2. The molecule has 0 spiro atoms. The number of phosphoric ester groups is 1. The van der Waals surface area contributed by atoms with Crippen LogP contribution in [-0.2, 0) is 41.1 Å². The van der Waals surface area contributed by atoms with E-state index in [2.05, 4.69) is 39.1 Å². The molecule has 4 heterocycles. The van der Waals surface area contributed by atoms with Gasteiger partial charge in [-0.3, -0.25) is 19.5 Å². The number of methoxy groups -OCH3 is 1. The number of hydrogen-bond donors (Lipinski definition) is 8. The number of nitrogens with two attached hydrogens (primary N) is 1. The molecule has 9 N–H and O–H groups in total. The van der Waals surface area contributed by atoms with E-state index in [1.165, 1.54) is 24.1 Å². The average molecular weight is 676 g/mol. The van der Waals surface area contributed by atoms with Crippen LogP contribution in [0.1, 0.15) is 11.9 Å². The third kappa shape index (κ3) is 7.85. The molecule has 232 valence electrons. The zero-order valence-electron chi connectivity index (χ0n) is 21.2. The Balaban J connectivity index is 1.60. The zero-order chi connectivity index (χ0) is 31.0. The number of nitrogens with zero attached hydrogens (tertiary/aromatic N) is 4. The van der Waals surface area contributed by atoms with Crippen LogP contribution in [0.3, 0.4) is 0 Å². The Morgan fingerprint density at radius 3 is 2.55 bits per heavy atom. The SMILES string of the molecule is COC1C(COP(=O)(O)OP(=O)(O)OP(=O)(O)O)OC(n2cnc3c(=S)[nH]c(N)nc32)C1OC(=O)Nc1cc(C)n[nH]1. The van der Waals surface area contributed by atoms with Crippen molar-refractivity contribution in [2.75, 3.05) is 24.8 Å². The molecule has 6 unspecified atom stereocenters. The van der Waals surface area contributed by atoms with Crippen molar-refractivity contribution >= 4 is 64.7 Å². The maximum absolute atomic E-state index is 12.8. The fourth-order valence-corrected chi connectivity index (χ4v) is 7.10. The number of hydrogen-bond acceptors (Lipinski definition) is 15. The molecule has 3 aromatic rings. The highest BCUT2D eigenvalue weighted by molar-refractivity contribution is 7.71. The van der Waals surface area contributed by atoms with E-state index >= 15 is 0 Å². The van der Waals surface area contributed by atoms with Crippen molar-refractivity contribution in [3.05, 3.63) is 22.7 Å². The quantitative estimate of drug-likeness (QED) is 0.104. The van der Waals surface area contributed by atoms with E-state index in [1.54, 1.807) is 6.92 Å².